The summed E-state index contributed by atoms with van der Waals surface area (Å²) < 4.78 is 5.39. The third-order valence-electron chi connectivity index (χ3n) is 2.46. The predicted octanol–water partition coefficient (Wildman–Crippen LogP) is 0.831. The van der Waals surface area contributed by atoms with Crippen molar-refractivity contribution in [3.05, 3.63) is 0 Å². The van der Waals surface area contributed by atoms with Crippen LogP contribution in [0.15, 0.2) is 0 Å². The van der Waals surface area contributed by atoms with Crippen LogP contribution >= 0.6 is 12.4 Å². The Morgan fingerprint density at radius 2 is 2.40 bits per heavy atom. The van der Waals surface area contributed by atoms with Crippen molar-refractivity contribution in [2.24, 2.45) is 5.73 Å². The van der Waals surface area contributed by atoms with Crippen LogP contribution in [0.5, 0.6) is 0 Å². The molecular formula is C10H21ClN2O2. The van der Waals surface area contributed by atoms with Gasteiger partial charge in [0.15, 0.2) is 0 Å². The number of hydrogen-bond acceptors (Lipinski definition) is 3. The minimum atomic E-state index is -0.360. The molecule has 1 aliphatic rings. The van der Waals surface area contributed by atoms with Gasteiger partial charge in [-0.25, -0.2) is 0 Å². The van der Waals surface area contributed by atoms with Gasteiger partial charge < -0.3 is 15.8 Å². The molecule has 15 heavy (non-hydrogen) atoms. The molecule has 3 N–H and O–H groups in total. The summed E-state index contributed by atoms with van der Waals surface area (Å²) in [5, 5.41) is 2.82. The molecule has 1 saturated heterocycles. The highest BCUT2D eigenvalue weighted by molar-refractivity contribution is 5.85. The van der Waals surface area contributed by atoms with Gasteiger partial charge >= 0.3 is 0 Å². The molecule has 5 heteroatoms. The van der Waals surface area contributed by atoms with Gasteiger partial charge in [0, 0.05) is 13.2 Å². The first-order valence-electron chi connectivity index (χ1n) is 5.39. The third-order valence-corrected chi connectivity index (χ3v) is 2.46. The quantitative estimate of drug-likeness (QED) is 0.743. The molecule has 0 aromatic rings. The fourth-order valence-corrected chi connectivity index (χ4v) is 1.59. The Bertz CT molecular complexity index is 184. The normalized spacial score (nSPS) is 21.9. The van der Waals surface area contributed by atoms with Crippen molar-refractivity contribution >= 4 is 18.3 Å². The number of nitrogens with two attached hydrogens (primary N) is 1. The van der Waals surface area contributed by atoms with E-state index in [1.807, 2.05) is 6.92 Å². The van der Waals surface area contributed by atoms with E-state index in [1.54, 1.807) is 0 Å². The number of amides is 1. The molecule has 0 saturated carbocycles. The van der Waals surface area contributed by atoms with Gasteiger partial charge in [-0.1, -0.05) is 13.3 Å². The van der Waals surface area contributed by atoms with E-state index >= 15 is 0 Å². The lowest BCUT2D eigenvalue weighted by molar-refractivity contribution is -0.123. The number of ether oxygens (including phenoxy) is 1. The molecule has 1 fully saturated rings. The summed E-state index contributed by atoms with van der Waals surface area (Å²) in [6.45, 7) is 3.45. The van der Waals surface area contributed by atoms with E-state index in [1.165, 1.54) is 0 Å². The van der Waals surface area contributed by atoms with Gasteiger partial charge in [0.25, 0.3) is 0 Å². The van der Waals surface area contributed by atoms with E-state index in [2.05, 4.69) is 5.32 Å². The predicted molar refractivity (Wildman–Crippen MR) is 62.1 cm³/mol. The van der Waals surface area contributed by atoms with E-state index in [9.17, 15) is 4.79 Å². The molecule has 90 valence electrons. The highest BCUT2D eigenvalue weighted by Crippen LogP contribution is 2.10. The molecule has 1 amide bonds. The molecule has 0 bridgehead atoms. The number of carbonyl (C=O) groups excluding carboxylic acids is 1. The number of rotatable bonds is 5. The lowest BCUT2D eigenvalue weighted by atomic mass is 10.1. The maximum Gasteiger partial charge on any atom is 0.237 e. The van der Waals surface area contributed by atoms with Gasteiger partial charge in [-0.05, 0) is 19.3 Å². The number of carbonyl (C=O) groups is 1. The summed E-state index contributed by atoms with van der Waals surface area (Å²) in [4.78, 5) is 11.4. The van der Waals surface area contributed by atoms with Gasteiger partial charge in [-0.2, -0.15) is 0 Å². The maximum absolute atomic E-state index is 11.4. The molecule has 4 nitrogen and oxygen atoms in total. The zero-order valence-corrected chi connectivity index (χ0v) is 10.0. The number of hydrogen-bond donors (Lipinski definition) is 2. The Kier molecular flexibility index (Phi) is 7.74. The first kappa shape index (κ1) is 14.7. The van der Waals surface area contributed by atoms with Crippen molar-refractivity contribution in [1.82, 2.24) is 5.32 Å². The van der Waals surface area contributed by atoms with Crippen molar-refractivity contribution in [3.8, 4) is 0 Å². The van der Waals surface area contributed by atoms with E-state index in [-0.39, 0.29) is 30.5 Å². The summed E-state index contributed by atoms with van der Waals surface area (Å²) in [6, 6.07) is -0.360. The number of nitrogens with one attached hydrogen (secondary N) is 1. The smallest absolute Gasteiger partial charge is 0.237 e. The molecule has 1 rings (SSSR count). The van der Waals surface area contributed by atoms with E-state index in [4.69, 9.17) is 10.5 Å². The van der Waals surface area contributed by atoms with Gasteiger partial charge in [0.1, 0.15) is 0 Å². The first-order valence-corrected chi connectivity index (χ1v) is 5.39. The second kappa shape index (κ2) is 7.91. The van der Waals surface area contributed by atoms with Gasteiger partial charge in [0.2, 0.25) is 5.91 Å². The Morgan fingerprint density at radius 3 is 2.93 bits per heavy atom. The highest BCUT2D eigenvalue weighted by Gasteiger charge is 2.18. The standard InChI is InChI=1S/C10H20N2O2.ClH/c1-2-4-9(11)10(13)12-7-8-5-3-6-14-8;/h8-9H,2-7,11H2,1H3,(H,12,13);1H. The van der Waals surface area contributed by atoms with E-state index in [0.29, 0.717) is 6.54 Å². The lowest BCUT2D eigenvalue weighted by Gasteiger charge is -2.14. The topological polar surface area (TPSA) is 64.4 Å². The molecule has 0 radical (unpaired) electrons. The molecule has 0 aromatic carbocycles. The van der Waals surface area contributed by atoms with Crippen LogP contribution in [-0.4, -0.2) is 31.2 Å². The van der Waals surface area contributed by atoms with Crippen LogP contribution in [0, 0.1) is 0 Å². The van der Waals surface area contributed by atoms with Crippen molar-refractivity contribution in [2.75, 3.05) is 13.2 Å². The third kappa shape index (κ3) is 5.35. The second-order valence-corrected chi connectivity index (χ2v) is 3.78. The minimum absolute atomic E-state index is 0. The fourth-order valence-electron chi connectivity index (χ4n) is 1.59. The van der Waals surface area contributed by atoms with Gasteiger partial charge in [-0.3, -0.25) is 4.79 Å². The van der Waals surface area contributed by atoms with Crippen molar-refractivity contribution < 1.29 is 9.53 Å². The first-order chi connectivity index (χ1) is 6.74. The van der Waals surface area contributed by atoms with E-state index in [0.717, 1.165) is 32.3 Å². The number of halogens is 1. The zero-order chi connectivity index (χ0) is 10.4. The maximum atomic E-state index is 11.4. The fraction of sp³-hybridized carbons (Fsp3) is 0.900. The van der Waals surface area contributed by atoms with E-state index < -0.39 is 0 Å². The van der Waals surface area contributed by atoms with Crippen LogP contribution in [0.2, 0.25) is 0 Å². The van der Waals surface area contributed by atoms with Gasteiger partial charge in [-0.15, -0.1) is 12.4 Å². The van der Waals surface area contributed by atoms with Crippen LogP contribution < -0.4 is 11.1 Å². The van der Waals surface area contributed by atoms with Crippen LogP contribution in [0.25, 0.3) is 0 Å². The van der Waals surface area contributed by atoms with Crippen LogP contribution in [0.1, 0.15) is 32.6 Å². The summed E-state index contributed by atoms with van der Waals surface area (Å²) in [5.74, 6) is -0.0534. The average Bonchev–Trinajstić information content (AvgIpc) is 2.67. The molecular weight excluding hydrogens is 216 g/mol. The Morgan fingerprint density at radius 1 is 1.67 bits per heavy atom. The monoisotopic (exact) mass is 236 g/mol. The van der Waals surface area contributed by atoms with Crippen LogP contribution in [0.4, 0.5) is 0 Å². The molecule has 2 unspecified atom stereocenters. The summed E-state index contributed by atoms with van der Waals surface area (Å²) in [5.41, 5.74) is 5.66. The summed E-state index contributed by atoms with van der Waals surface area (Å²) in [6.07, 6.45) is 4.03. The highest BCUT2D eigenvalue weighted by atomic mass is 35.5. The molecule has 1 heterocycles. The van der Waals surface area contributed by atoms with Crippen LogP contribution in [-0.2, 0) is 9.53 Å². The molecule has 2 atom stereocenters. The SMILES string of the molecule is CCCC(N)C(=O)NCC1CCCO1.Cl. The Hall–Kier alpha value is -0.320. The molecule has 1 aliphatic heterocycles. The Balaban J connectivity index is 0.00000196. The molecule has 0 aliphatic carbocycles. The lowest BCUT2D eigenvalue weighted by Crippen LogP contribution is -2.43. The minimum Gasteiger partial charge on any atom is -0.376 e. The largest absolute Gasteiger partial charge is 0.376 e. The van der Waals surface area contributed by atoms with Crippen molar-refractivity contribution in [2.45, 2.75) is 44.8 Å². The van der Waals surface area contributed by atoms with Crippen molar-refractivity contribution in [3.63, 3.8) is 0 Å². The zero-order valence-electron chi connectivity index (χ0n) is 9.20. The van der Waals surface area contributed by atoms with Gasteiger partial charge in [0.05, 0.1) is 12.1 Å². The molecule has 0 spiro atoms. The molecule has 0 aromatic heterocycles. The second-order valence-electron chi connectivity index (χ2n) is 3.78. The van der Waals surface area contributed by atoms with Crippen LogP contribution in [0.3, 0.4) is 0 Å². The average molecular weight is 237 g/mol. The summed E-state index contributed by atoms with van der Waals surface area (Å²) >= 11 is 0. The summed E-state index contributed by atoms with van der Waals surface area (Å²) in [7, 11) is 0. The Labute approximate surface area is 97.3 Å². The van der Waals surface area contributed by atoms with Crippen molar-refractivity contribution in [1.29, 1.82) is 0 Å².